The SMILES string of the molecule is Fc1ccc2ccc3c4ccnc(-c5[c-]c6c7c(c5)CCc5cccc(c5-7)CC6)c4ccc3c2c1.[Ir]. The predicted molar refractivity (Wildman–Crippen MR) is 141 cm³/mol. The molecule has 5 aromatic carbocycles. The standard InChI is InChI=1S/C33H21FN.Ir/c34-25-10-8-19-9-11-26-27(30(19)18-25)12-13-29-28(26)14-15-35-33(29)24-16-22-6-4-20-2-1-3-21-5-7-23(17-24)32(22)31(20)21;/h1-3,8-16,18H,4-7H2;/q-1;. The summed E-state index contributed by atoms with van der Waals surface area (Å²) in [5.41, 5.74) is 10.7. The maximum atomic E-state index is 14.1. The van der Waals surface area contributed by atoms with Gasteiger partial charge < -0.3 is 4.98 Å². The molecule has 0 saturated heterocycles. The second-order valence-corrected chi connectivity index (χ2v) is 9.86. The van der Waals surface area contributed by atoms with Gasteiger partial charge in [0, 0.05) is 26.3 Å². The topological polar surface area (TPSA) is 12.9 Å². The summed E-state index contributed by atoms with van der Waals surface area (Å²) in [6, 6.07) is 28.5. The summed E-state index contributed by atoms with van der Waals surface area (Å²) < 4.78 is 14.1. The molecule has 0 aliphatic heterocycles. The maximum absolute atomic E-state index is 14.1. The third kappa shape index (κ3) is 3.06. The molecule has 8 rings (SSSR count). The fourth-order valence-electron chi connectivity index (χ4n) is 6.43. The minimum Gasteiger partial charge on any atom is -0.304 e. The molecular formula is C33H21FIrN-. The van der Waals surface area contributed by atoms with Crippen molar-refractivity contribution >= 4 is 32.3 Å². The van der Waals surface area contributed by atoms with Crippen molar-refractivity contribution in [2.45, 2.75) is 25.7 Å². The Bertz CT molecular complexity index is 1820. The van der Waals surface area contributed by atoms with Crippen molar-refractivity contribution < 1.29 is 24.5 Å². The van der Waals surface area contributed by atoms with Crippen LogP contribution in [-0.4, -0.2) is 4.98 Å². The van der Waals surface area contributed by atoms with Crippen LogP contribution in [0.15, 0.2) is 79.0 Å². The smallest absolute Gasteiger partial charge is 0.123 e. The third-order valence-corrected chi connectivity index (χ3v) is 8.00. The molecule has 3 heteroatoms. The minimum atomic E-state index is -0.206. The number of hydrogen-bond donors (Lipinski definition) is 0. The Hall–Kier alpha value is -3.39. The number of nitrogens with zero attached hydrogens (tertiary/aromatic N) is 1. The summed E-state index contributed by atoms with van der Waals surface area (Å²) in [4.78, 5) is 4.85. The van der Waals surface area contributed by atoms with Gasteiger partial charge in [-0.15, -0.1) is 28.8 Å². The van der Waals surface area contributed by atoms with Crippen molar-refractivity contribution in [3.8, 4) is 22.4 Å². The molecule has 0 saturated carbocycles. The van der Waals surface area contributed by atoms with Gasteiger partial charge in [-0.05, 0) is 93.0 Å². The number of aryl methyl sites for hydroxylation is 4. The molecule has 2 aliphatic rings. The summed E-state index contributed by atoms with van der Waals surface area (Å²) in [6.45, 7) is 0. The van der Waals surface area contributed by atoms with Gasteiger partial charge in [-0.2, -0.15) is 0 Å². The van der Waals surface area contributed by atoms with Crippen molar-refractivity contribution in [3.63, 3.8) is 0 Å². The van der Waals surface area contributed by atoms with Crippen LogP contribution in [0.2, 0.25) is 0 Å². The first-order chi connectivity index (χ1) is 17.2. The Labute approximate surface area is 222 Å². The van der Waals surface area contributed by atoms with Gasteiger partial charge >= 0.3 is 0 Å². The van der Waals surface area contributed by atoms with Gasteiger partial charge in [-0.1, -0.05) is 59.7 Å². The fourth-order valence-corrected chi connectivity index (χ4v) is 6.43. The zero-order valence-electron chi connectivity index (χ0n) is 19.5. The molecule has 0 amide bonds. The minimum absolute atomic E-state index is 0. The van der Waals surface area contributed by atoms with Gasteiger partial charge in [0.15, 0.2) is 0 Å². The quantitative estimate of drug-likeness (QED) is 0.131. The average molecular weight is 643 g/mol. The molecule has 2 aliphatic carbocycles. The Balaban J connectivity index is 0.00000220. The molecular weight excluding hydrogens is 622 g/mol. The van der Waals surface area contributed by atoms with Crippen LogP contribution < -0.4 is 0 Å². The molecule has 1 radical (unpaired) electrons. The number of pyridine rings is 1. The summed E-state index contributed by atoms with van der Waals surface area (Å²) >= 11 is 0. The molecule has 0 fully saturated rings. The molecule has 0 spiro atoms. The van der Waals surface area contributed by atoms with Crippen molar-refractivity contribution in [2.24, 2.45) is 0 Å². The van der Waals surface area contributed by atoms with Crippen LogP contribution in [0.1, 0.15) is 22.3 Å². The van der Waals surface area contributed by atoms with E-state index in [1.54, 1.807) is 6.07 Å². The Morgan fingerprint density at radius 2 is 1.33 bits per heavy atom. The van der Waals surface area contributed by atoms with Gasteiger partial charge in [0.1, 0.15) is 5.82 Å². The van der Waals surface area contributed by atoms with Gasteiger partial charge in [0.05, 0.1) is 0 Å². The summed E-state index contributed by atoms with van der Waals surface area (Å²) in [5.74, 6) is -0.206. The molecule has 0 bridgehead atoms. The Kier molecular flexibility index (Phi) is 4.89. The molecule has 0 unspecified atom stereocenters. The van der Waals surface area contributed by atoms with E-state index in [4.69, 9.17) is 4.98 Å². The molecule has 1 heterocycles. The second kappa shape index (κ2) is 8.06. The maximum Gasteiger partial charge on any atom is 0.123 e. The molecule has 0 atom stereocenters. The van der Waals surface area contributed by atoms with Crippen LogP contribution in [0, 0.1) is 11.9 Å². The van der Waals surface area contributed by atoms with Gasteiger partial charge in [0.25, 0.3) is 0 Å². The molecule has 1 aromatic heterocycles. The molecule has 36 heavy (non-hydrogen) atoms. The van der Waals surface area contributed by atoms with Gasteiger partial charge in [-0.3, -0.25) is 0 Å². The fraction of sp³-hybridized carbons (Fsp3) is 0.121. The van der Waals surface area contributed by atoms with Gasteiger partial charge in [-0.25, -0.2) is 4.39 Å². The summed E-state index contributed by atoms with van der Waals surface area (Å²) in [6.07, 6.45) is 6.16. The number of aromatic nitrogens is 1. The zero-order valence-corrected chi connectivity index (χ0v) is 21.9. The van der Waals surface area contributed by atoms with E-state index in [-0.39, 0.29) is 25.9 Å². The third-order valence-electron chi connectivity index (χ3n) is 8.00. The second-order valence-electron chi connectivity index (χ2n) is 9.86. The van der Waals surface area contributed by atoms with Crippen LogP contribution >= 0.6 is 0 Å². The monoisotopic (exact) mass is 643 g/mol. The van der Waals surface area contributed by atoms with Crippen molar-refractivity contribution in [1.82, 2.24) is 4.98 Å². The molecule has 0 N–H and O–H groups in total. The molecule has 6 aromatic rings. The predicted octanol–water partition coefficient (Wildman–Crippen LogP) is 8.01. The first-order valence-electron chi connectivity index (χ1n) is 12.3. The zero-order chi connectivity index (χ0) is 23.1. The van der Waals surface area contributed by atoms with E-state index >= 15 is 0 Å². The first kappa shape index (κ1) is 21.9. The largest absolute Gasteiger partial charge is 0.304 e. The number of rotatable bonds is 1. The summed E-state index contributed by atoms with van der Waals surface area (Å²) in [5, 5.41) is 6.46. The van der Waals surface area contributed by atoms with E-state index in [0.29, 0.717) is 0 Å². The average Bonchev–Trinajstić information content (AvgIpc) is 2.90. The Morgan fingerprint density at radius 1 is 0.639 bits per heavy atom. The normalized spacial score (nSPS) is 13.6. The van der Waals surface area contributed by atoms with Crippen molar-refractivity contribution in [2.75, 3.05) is 0 Å². The van der Waals surface area contributed by atoms with E-state index in [0.717, 1.165) is 69.3 Å². The summed E-state index contributed by atoms with van der Waals surface area (Å²) in [7, 11) is 0. The number of hydrogen-bond acceptors (Lipinski definition) is 1. The van der Waals surface area contributed by atoms with E-state index in [1.165, 1.54) is 39.4 Å². The van der Waals surface area contributed by atoms with E-state index in [2.05, 4.69) is 60.7 Å². The first-order valence-corrected chi connectivity index (χ1v) is 12.3. The van der Waals surface area contributed by atoms with Crippen LogP contribution in [0.25, 0.3) is 54.7 Å². The number of halogens is 1. The van der Waals surface area contributed by atoms with Crippen LogP contribution in [-0.2, 0) is 45.8 Å². The Morgan fingerprint density at radius 3 is 2.22 bits per heavy atom. The van der Waals surface area contributed by atoms with Crippen molar-refractivity contribution in [3.05, 3.63) is 113 Å². The van der Waals surface area contributed by atoms with Crippen LogP contribution in [0.3, 0.4) is 0 Å². The van der Waals surface area contributed by atoms with Crippen LogP contribution in [0.5, 0.6) is 0 Å². The van der Waals surface area contributed by atoms with E-state index < -0.39 is 0 Å². The molecule has 175 valence electrons. The van der Waals surface area contributed by atoms with E-state index in [1.807, 2.05) is 12.3 Å². The van der Waals surface area contributed by atoms with Crippen molar-refractivity contribution in [1.29, 1.82) is 0 Å². The molecule has 1 nitrogen and oxygen atoms in total. The number of fused-ring (bicyclic) bond motifs is 5. The van der Waals surface area contributed by atoms with Gasteiger partial charge in [0.2, 0.25) is 0 Å². The van der Waals surface area contributed by atoms with Crippen LogP contribution in [0.4, 0.5) is 4.39 Å². The number of benzene rings is 5. The van der Waals surface area contributed by atoms with E-state index in [9.17, 15) is 4.39 Å².